The molecule has 0 spiro atoms. The molecule has 1 aromatic carbocycles. The highest BCUT2D eigenvalue weighted by atomic mass is 79.9. The van der Waals surface area contributed by atoms with Gasteiger partial charge in [0, 0.05) is 12.2 Å². The van der Waals surface area contributed by atoms with Crippen LogP contribution in [0.25, 0.3) is 0 Å². The lowest BCUT2D eigenvalue weighted by molar-refractivity contribution is 0.962. The molecule has 0 saturated heterocycles. The summed E-state index contributed by atoms with van der Waals surface area (Å²) >= 11 is 3.55. The van der Waals surface area contributed by atoms with Gasteiger partial charge in [-0.3, -0.25) is 0 Å². The van der Waals surface area contributed by atoms with Crippen molar-refractivity contribution in [1.82, 2.24) is 9.97 Å². The fraction of sp³-hybridized carbons (Fsp3) is 0.333. The number of aryl methyl sites for hydroxylation is 1. The number of benzene rings is 1. The van der Waals surface area contributed by atoms with Crippen LogP contribution in [0.4, 0.5) is 17.3 Å². The molecule has 0 amide bonds. The van der Waals surface area contributed by atoms with Crippen molar-refractivity contribution >= 4 is 33.3 Å². The Bertz CT molecular complexity index is 572. The maximum atomic E-state index is 4.29. The van der Waals surface area contributed by atoms with Gasteiger partial charge in [-0.15, -0.1) is 0 Å². The predicted molar refractivity (Wildman–Crippen MR) is 87.6 cm³/mol. The molecular weight excluding hydrogens is 316 g/mol. The summed E-state index contributed by atoms with van der Waals surface area (Å²) in [5, 5.41) is 6.60. The average Bonchev–Trinajstić information content (AvgIpc) is 2.48. The molecule has 1 aromatic heterocycles. The number of halogens is 1. The zero-order valence-electron chi connectivity index (χ0n) is 11.8. The van der Waals surface area contributed by atoms with Crippen LogP contribution in [0.1, 0.15) is 25.8 Å². The molecule has 2 N–H and O–H groups in total. The van der Waals surface area contributed by atoms with Crippen LogP contribution in [-0.4, -0.2) is 16.5 Å². The number of nitrogens with zero attached hydrogens (tertiary/aromatic N) is 2. The third-order valence-electron chi connectivity index (χ3n) is 2.93. The minimum Gasteiger partial charge on any atom is -0.369 e. The van der Waals surface area contributed by atoms with Crippen LogP contribution in [0, 0.1) is 0 Å². The molecule has 0 radical (unpaired) electrons. The van der Waals surface area contributed by atoms with Crippen molar-refractivity contribution in [1.29, 1.82) is 0 Å². The highest BCUT2D eigenvalue weighted by Gasteiger charge is 2.08. The van der Waals surface area contributed by atoms with Crippen LogP contribution in [0.15, 0.2) is 35.1 Å². The van der Waals surface area contributed by atoms with E-state index >= 15 is 0 Å². The second kappa shape index (κ2) is 7.24. The van der Waals surface area contributed by atoms with Gasteiger partial charge in [-0.2, -0.15) is 0 Å². The highest BCUT2D eigenvalue weighted by Crippen LogP contribution is 2.29. The van der Waals surface area contributed by atoms with Crippen molar-refractivity contribution in [3.8, 4) is 0 Å². The van der Waals surface area contributed by atoms with Crippen molar-refractivity contribution in [3.63, 3.8) is 0 Å². The van der Waals surface area contributed by atoms with E-state index in [9.17, 15) is 0 Å². The molecule has 0 saturated carbocycles. The summed E-state index contributed by atoms with van der Waals surface area (Å²) in [5.41, 5.74) is 2.33. The van der Waals surface area contributed by atoms with Crippen LogP contribution in [0.2, 0.25) is 0 Å². The molecule has 0 unspecified atom stereocenters. The first-order valence-corrected chi connectivity index (χ1v) is 7.64. The molecule has 4 nitrogen and oxygen atoms in total. The largest absolute Gasteiger partial charge is 0.369 e. The molecule has 0 aliphatic carbocycles. The Labute approximate surface area is 128 Å². The molecule has 0 aliphatic rings. The molecular formula is C15H19BrN4. The lowest BCUT2D eigenvalue weighted by atomic mass is 10.1. The van der Waals surface area contributed by atoms with E-state index in [4.69, 9.17) is 0 Å². The standard InChI is InChI=1S/C15H19BrN4/c1-3-8-17-14-13(16)15(19-10-18-14)20-12-7-5-6-11(4-2)9-12/h5-7,9-10H,3-4,8H2,1-2H3,(H2,17,18,19,20). The van der Waals surface area contributed by atoms with Gasteiger partial charge in [-0.25, -0.2) is 9.97 Å². The minimum absolute atomic E-state index is 0.770. The van der Waals surface area contributed by atoms with Gasteiger partial charge in [0.05, 0.1) is 0 Å². The first kappa shape index (κ1) is 14.8. The van der Waals surface area contributed by atoms with Gasteiger partial charge in [-0.05, 0) is 46.5 Å². The number of aromatic nitrogens is 2. The number of hydrogen-bond donors (Lipinski definition) is 2. The van der Waals surface area contributed by atoms with Gasteiger partial charge in [-0.1, -0.05) is 26.0 Å². The normalized spacial score (nSPS) is 10.3. The Morgan fingerprint density at radius 2 is 1.95 bits per heavy atom. The van der Waals surface area contributed by atoms with E-state index in [0.29, 0.717) is 0 Å². The monoisotopic (exact) mass is 334 g/mol. The smallest absolute Gasteiger partial charge is 0.150 e. The molecule has 106 valence electrons. The first-order chi connectivity index (χ1) is 9.74. The van der Waals surface area contributed by atoms with E-state index in [0.717, 1.165) is 41.2 Å². The second-order valence-electron chi connectivity index (χ2n) is 4.49. The van der Waals surface area contributed by atoms with Crippen molar-refractivity contribution in [2.24, 2.45) is 0 Å². The SMILES string of the molecule is CCCNc1ncnc(Nc2cccc(CC)c2)c1Br. The quantitative estimate of drug-likeness (QED) is 0.823. The topological polar surface area (TPSA) is 49.8 Å². The van der Waals surface area contributed by atoms with Crippen LogP contribution in [0.5, 0.6) is 0 Å². The third-order valence-corrected chi connectivity index (χ3v) is 3.68. The minimum atomic E-state index is 0.770. The van der Waals surface area contributed by atoms with E-state index in [1.165, 1.54) is 5.56 Å². The molecule has 0 fully saturated rings. The van der Waals surface area contributed by atoms with Gasteiger partial charge < -0.3 is 10.6 Å². The Balaban J connectivity index is 2.20. The van der Waals surface area contributed by atoms with E-state index in [2.05, 4.69) is 62.5 Å². The summed E-state index contributed by atoms with van der Waals surface area (Å²) in [6, 6.07) is 8.33. The highest BCUT2D eigenvalue weighted by molar-refractivity contribution is 9.10. The van der Waals surface area contributed by atoms with Gasteiger partial charge in [0.1, 0.15) is 22.4 Å². The summed E-state index contributed by atoms with van der Waals surface area (Å²) in [6.45, 7) is 5.16. The molecule has 20 heavy (non-hydrogen) atoms. The van der Waals surface area contributed by atoms with E-state index in [-0.39, 0.29) is 0 Å². The van der Waals surface area contributed by atoms with E-state index in [1.54, 1.807) is 6.33 Å². The van der Waals surface area contributed by atoms with Gasteiger partial charge >= 0.3 is 0 Å². The Kier molecular flexibility index (Phi) is 5.35. The lowest BCUT2D eigenvalue weighted by Crippen LogP contribution is -2.05. The van der Waals surface area contributed by atoms with Gasteiger partial charge in [0.25, 0.3) is 0 Å². The zero-order valence-corrected chi connectivity index (χ0v) is 13.4. The summed E-state index contributed by atoms with van der Waals surface area (Å²) < 4.78 is 0.857. The summed E-state index contributed by atoms with van der Waals surface area (Å²) in [6.07, 6.45) is 3.64. The maximum Gasteiger partial charge on any atom is 0.150 e. The van der Waals surface area contributed by atoms with Crippen molar-refractivity contribution in [2.45, 2.75) is 26.7 Å². The molecule has 5 heteroatoms. The maximum absolute atomic E-state index is 4.29. The molecule has 0 aliphatic heterocycles. The fourth-order valence-corrected chi connectivity index (χ4v) is 2.27. The zero-order chi connectivity index (χ0) is 14.4. The second-order valence-corrected chi connectivity index (χ2v) is 5.28. The van der Waals surface area contributed by atoms with Crippen molar-refractivity contribution in [2.75, 3.05) is 17.2 Å². The Morgan fingerprint density at radius 1 is 1.15 bits per heavy atom. The number of anilines is 3. The van der Waals surface area contributed by atoms with Crippen LogP contribution < -0.4 is 10.6 Å². The van der Waals surface area contributed by atoms with Crippen LogP contribution in [0.3, 0.4) is 0 Å². The number of nitrogens with one attached hydrogen (secondary N) is 2. The van der Waals surface area contributed by atoms with E-state index in [1.807, 2.05) is 12.1 Å². The number of hydrogen-bond acceptors (Lipinski definition) is 4. The van der Waals surface area contributed by atoms with E-state index < -0.39 is 0 Å². The summed E-state index contributed by atoms with van der Waals surface area (Å²) in [7, 11) is 0. The molecule has 1 heterocycles. The van der Waals surface area contributed by atoms with Crippen LogP contribution in [-0.2, 0) is 6.42 Å². The van der Waals surface area contributed by atoms with Crippen LogP contribution >= 0.6 is 15.9 Å². The summed E-state index contributed by atoms with van der Waals surface area (Å²) in [4.78, 5) is 8.53. The number of rotatable bonds is 6. The molecule has 2 aromatic rings. The summed E-state index contributed by atoms with van der Waals surface area (Å²) in [5.74, 6) is 1.59. The van der Waals surface area contributed by atoms with Crippen molar-refractivity contribution < 1.29 is 0 Å². The van der Waals surface area contributed by atoms with Gasteiger partial charge in [0.2, 0.25) is 0 Å². The van der Waals surface area contributed by atoms with Crippen molar-refractivity contribution in [3.05, 3.63) is 40.6 Å². The Morgan fingerprint density at radius 3 is 2.70 bits per heavy atom. The predicted octanol–water partition coefficient (Wildman–Crippen LogP) is 4.37. The average molecular weight is 335 g/mol. The third kappa shape index (κ3) is 3.70. The molecule has 2 rings (SSSR count). The fourth-order valence-electron chi connectivity index (χ4n) is 1.83. The molecule has 0 atom stereocenters. The first-order valence-electron chi connectivity index (χ1n) is 6.85. The lowest BCUT2D eigenvalue weighted by Gasteiger charge is -2.12. The molecule has 0 bridgehead atoms. The van der Waals surface area contributed by atoms with Gasteiger partial charge in [0.15, 0.2) is 0 Å². The Hall–Kier alpha value is -1.62.